The summed E-state index contributed by atoms with van der Waals surface area (Å²) in [5, 5.41) is 0. The third-order valence-corrected chi connectivity index (χ3v) is 4.07. The van der Waals surface area contributed by atoms with E-state index >= 15 is 0 Å². The Labute approximate surface area is 100 Å². The van der Waals surface area contributed by atoms with Gasteiger partial charge in [0.15, 0.2) is 0 Å². The van der Waals surface area contributed by atoms with Gasteiger partial charge in [0.25, 0.3) is 0 Å². The summed E-state index contributed by atoms with van der Waals surface area (Å²) < 4.78 is 0. The zero-order valence-electron chi connectivity index (χ0n) is 11.0. The van der Waals surface area contributed by atoms with Crippen molar-refractivity contribution in [2.24, 2.45) is 23.2 Å². The highest BCUT2D eigenvalue weighted by Crippen LogP contribution is 2.44. The highest BCUT2D eigenvalue weighted by Gasteiger charge is 2.41. The van der Waals surface area contributed by atoms with E-state index in [1.807, 2.05) is 0 Å². The van der Waals surface area contributed by atoms with Gasteiger partial charge in [-0.3, -0.25) is 4.79 Å². The minimum atomic E-state index is -0.123. The molecule has 0 aromatic rings. The largest absolute Gasteiger partial charge is 0.299 e. The van der Waals surface area contributed by atoms with Crippen LogP contribution >= 0.6 is 0 Å². The van der Waals surface area contributed by atoms with Gasteiger partial charge < -0.3 is 0 Å². The van der Waals surface area contributed by atoms with Crippen molar-refractivity contribution in [3.05, 3.63) is 0 Å². The maximum Gasteiger partial charge on any atom is 0.138 e. The maximum absolute atomic E-state index is 12.0. The van der Waals surface area contributed by atoms with Gasteiger partial charge in [-0.2, -0.15) is 0 Å². The van der Waals surface area contributed by atoms with E-state index in [9.17, 15) is 4.79 Å². The number of Topliss-reactive ketones (excluding diaryl/α,β-unsaturated/α-hetero) is 1. The molecule has 1 aliphatic carbocycles. The molecule has 90 valence electrons. The standard InChI is InChI=1S/C15H24O/c1-6-7-8-12-9-14(16)15(4,5)10-13(12)11(2)3/h1,11-13H,7-10H2,2-5H3/t12?,13-/m1/s1. The number of ketones is 1. The molecule has 0 aromatic carbocycles. The van der Waals surface area contributed by atoms with Crippen LogP contribution in [0, 0.1) is 35.5 Å². The third-order valence-electron chi connectivity index (χ3n) is 4.07. The monoisotopic (exact) mass is 220 g/mol. The molecule has 16 heavy (non-hydrogen) atoms. The van der Waals surface area contributed by atoms with Crippen molar-refractivity contribution in [3.8, 4) is 12.3 Å². The smallest absolute Gasteiger partial charge is 0.138 e. The highest BCUT2D eigenvalue weighted by molar-refractivity contribution is 5.85. The van der Waals surface area contributed by atoms with Gasteiger partial charge in [0.2, 0.25) is 0 Å². The van der Waals surface area contributed by atoms with E-state index in [0.717, 1.165) is 25.7 Å². The predicted octanol–water partition coefficient (Wildman–Crippen LogP) is 3.68. The SMILES string of the molecule is C#CCCC1CC(=O)C(C)(C)C[C@@H]1C(C)C. The van der Waals surface area contributed by atoms with Gasteiger partial charge >= 0.3 is 0 Å². The second-order valence-corrected chi connectivity index (χ2v) is 6.13. The topological polar surface area (TPSA) is 17.1 Å². The summed E-state index contributed by atoms with van der Waals surface area (Å²) in [7, 11) is 0. The zero-order chi connectivity index (χ0) is 12.3. The number of rotatable bonds is 3. The van der Waals surface area contributed by atoms with E-state index in [2.05, 4.69) is 33.6 Å². The third kappa shape index (κ3) is 2.88. The molecule has 1 nitrogen and oxygen atoms in total. The Hall–Kier alpha value is -0.770. The van der Waals surface area contributed by atoms with E-state index < -0.39 is 0 Å². The van der Waals surface area contributed by atoms with Gasteiger partial charge in [-0.1, -0.05) is 27.7 Å². The van der Waals surface area contributed by atoms with Crippen LogP contribution in [0.4, 0.5) is 0 Å². The number of carbonyl (C=O) groups excluding carboxylic acids is 1. The fraction of sp³-hybridized carbons (Fsp3) is 0.800. The summed E-state index contributed by atoms with van der Waals surface area (Å²) in [5.74, 6) is 4.93. The molecule has 0 radical (unpaired) electrons. The van der Waals surface area contributed by atoms with Gasteiger partial charge in [-0.25, -0.2) is 0 Å². The van der Waals surface area contributed by atoms with Crippen LogP contribution in [-0.2, 0) is 4.79 Å². The van der Waals surface area contributed by atoms with Crippen molar-refractivity contribution in [3.63, 3.8) is 0 Å². The molecule has 1 saturated carbocycles. The zero-order valence-corrected chi connectivity index (χ0v) is 11.0. The summed E-state index contributed by atoms with van der Waals surface area (Å²) in [6.07, 6.45) is 8.90. The first-order valence-electron chi connectivity index (χ1n) is 6.35. The highest BCUT2D eigenvalue weighted by atomic mass is 16.1. The van der Waals surface area contributed by atoms with Crippen molar-refractivity contribution in [2.75, 3.05) is 0 Å². The van der Waals surface area contributed by atoms with Gasteiger partial charge in [0, 0.05) is 18.3 Å². The van der Waals surface area contributed by atoms with Crippen LogP contribution in [0.3, 0.4) is 0 Å². The van der Waals surface area contributed by atoms with Gasteiger partial charge in [-0.05, 0) is 30.6 Å². The molecule has 1 heteroatoms. The Morgan fingerprint density at radius 1 is 1.50 bits per heavy atom. The molecule has 0 amide bonds. The van der Waals surface area contributed by atoms with Gasteiger partial charge in [0.05, 0.1) is 0 Å². The van der Waals surface area contributed by atoms with Crippen LogP contribution in [0.1, 0.15) is 53.4 Å². The molecule has 2 atom stereocenters. The van der Waals surface area contributed by atoms with Crippen LogP contribution in [0.5, 0.6) is 0 Å². The average Bonchev–Trinajstić information content (AvgIpc) is 2.19. The molecule has 0 aliphatic heterocycles. The van der Waals surface area contributed by atoms with E-state index in [4.69, 9.17) is 6.42 Å². The molecule has 0 spiro atoms. The molecule has 0 bridgehead atoms. The van der Waals surface area contributed by atoms with Crippen LogP contribution < -0.4 is 0 Å². The average molecular weight is 220 g/mol. The van der Waals surface area contributed by atoms with Crippen LogP contribution in [0.2, 0.25) is 0 Å². The van der Waals surface area contributed by atoms with E-state index in [-0.39, 0.29) is 5.41 Å². The van der Waals surface area contributed by atoms with Crippen molar-refractivity contribution in [2.45, 2.75) is 53.4 Å². The summed E-state index contributed by atoms with van der Waals surface area (Å²) in [5.41, 5.74) is -0.123. The number of carbonyl (C=O) groups is 1. The van der Waals surface area contributed by atoms with Crippen molar-refractivity contribution < 1.29 is 4.79 Å². The van der Waals surface area contributed by atoms with Crippen molar-refractivity contribution in [1.29, 1.82) is 0 Å². The Morgan fingerprint density at radius 3 is 2.62 bits per heavy atom. The predicted molar refractivity (Wildman–Crippen MR) is 67.9 cm³/mol. The van der Waals surface area contributed by atoms with Gasteiger partial charge in [0.1, 0.15) is 5.78 Å². The Morgan fingerprint density at radius 2 is 2.12 bits per heavy atom. The quantitative estimate of drug-likeness (QED) is 0.663. The van der Waals surface area contributed by atoms with Crippen LogP contribution in [0.15, 0.2) is 0 Å². The number of hydrogen-bond acceptors (Lipinski definition) is 1. The number of terminal acetylenes is 1. The first-order valence-corrected chi connectivity index (χ1v) is 6.35. The van der Waals surface area contributed by atoms with Crippen molar-refractivity contribution in [1.82, 2.24) is 0 Å². The Kier molecular flexibility index (Phi) is 4.19. The first-order chi connectivity index (χ1) is 7.38. The van der Waals surface area contributed by atoms with E-state index in [0.29, 0.717) is 23.5 Å². The van der Waals surface area contributed by atoms with E-state index in [1.165, 1.54) is 0 Å². The molecule has 0 saturated heterocycles. The first kappa shape index (κ1) is 13.3. The second kappa shape index (κ2) is 5.04. The lowest BCUT2D eigenvalue weighted by Crippen LogP contribution is -2.39. The molecule has 1 aliphatic rings. The van der Waals surface area contributed by atoms with Crippen LogP contribution in [0.25, 0.3) is 0 Å². The lowest BCUT2D eigenvalue weighted by atomic mass is 9.62. The molecular weight excluding hydrogens is 196 g/mol. The lowest BCUT2D eigenvalue weighted by Gasteiger charge is -2.41. The minimum Gasteiger partial charge on any atom is -0.299 e. The van der Waals surface area contributed by atoms with Gasteiger partial charge in [-0.15, -0.1) is 12.3 Å². The molecule has 1 unspecified atom stereocenters. The Bertz CT molecular complexity index is 293. The minimum absolute atomic E-state index is 0.123. The maximum atomic E-state index is 12.0. The molecule has 1 fully saturated rings. The molecular formula is C15H24O. The molecule has 1 rings (SSSR count). The Balaban J connectivity index is 2.76. The molecule has 0 aromatic heterocycles. The summed E-state index contributed by atoms with van der Waals surface area (Å²) in [6, 6.07) is 0. The van der Waals surface area contributed by atoms with Crippen molar-refractivity contribution >= 4 is 5.78 Å². The second-order valence-electron chi connectivity index (χ2n) is 6.13. The van der Waals surface area contributed by atoms with E-state index in [1.54, 1.807) is 0 Å². The lowest BCUT2D eigenvalue weighted by molar-refractivity contribution is -0.134. The summed E-state index contributed by atoms with van der Waals surface area (Å²) >= 11 is 0. The van der Waals surface area contributed by atoms with Crippen LogP contribution in [-0.4, -0.2) is 5.78 Å². The summed E-state index contributed by atoms with van der Waals surface area (Å²) in [6.45, 7) is 8.70. The number of hydrogen-bond donors (Lipinski definition) is 0. The fourth-order valence-corrected chi connectivity index (χ4v) is 2.90. The normalized spacial score (nSPS) is 29.1. The molecule has 0 heterocycles. The summed E-state index contributed by atoms with van der Waals surface area (Å²) in [4.78, 5) is 12.0. The molecule has 0 N–H and O–H groups in total. The fourth-order valence-electron chi connectivity index (χ4n) is 2.90.